The molecule has 21 heavy (non-hydrogen) atoms. The Labute approximate surface area is 128 Å². The molecule has 1 aromatic heterocycles. The molecule has 1 spiro atoms. The summed E-state index contributed by atoms with van der Waals surface area (Å²) in [6.45, 7) is 7.06. The molecule has 0 radical (unpaired) electrons. The lowest BCUT2D eigenvalue weighted by Crippen LogP contribution is -2.32. The predicted molar refractivity (Wildman–Crippen MR) is 84.3 cm³/mol. The monoisotopic (exact) mass is 291 g/mol. The highest BCUT2D eigenvalue weighted by atomic mass is 16.5. The predicted octanol–water partition coefficient (Wildman–Crippen LogP) is 3.18. The number of nitrogens with one attached hydrogen (secondary N) is 1. The third kappa shape index (κ3) is 3.49. The zero-order valence-electron chi connectivity index (χ0n) is 13.5. The molecule has 1 N–H and O–H groups in total. The van der Waals surface area contributed by atoms with Gasteiger partial charge in [0.1, 0.15) is 0 Å². The van der Waals surface area contributed by atoms with Crippen LogP contribution in [-0.2, 0) is 17.8 Å². The second kappa shape index (κ2) is 6.49. The molecule has 0 aromatic carbocycles. The lowest BCUT2D eigenvalue weighted by atomic mass is 9.83. The second-order valence-corrected chi connectivity index (χ2v) is 6.76. The first-order valence-electron chi connectivity index (χ1n) is 8.62. The van der Waals surface area contributed by atoms with E-state index in [1.807, 2.05) is 0 Å². The molecule has 0 amide bonds. The molecular weight excluding hydrogens is 262 g/mol. The van der Waals surface area contributed by atoms with Crippen LogP contribution in [-0.4, -0.2) is 28.0 Å². The van der Waals surface area contributed by atoms with Gasteiger partial charge in [-0.05, 0) is 39.2 Å². The fourth-order valence-corrected chi connectivity index (χ4v) is 3.88. The van der Waals surface area contributed by atoms with E-state index in [4.69, 9.17) is 4.74 Å². The lowest BCUT2D eigenvalue weighted by molar-refractivity contribution is -0.0688. The summed E-state index contributed by atoms with van der Waals surface area (Å²) in [4.78, 5) is 0. The molecule has 2 heterocycles. The van der Waals surface area contributed by atoms with Crippen LogP contribution in [0.2, 0.25) is 0 Å². The van der Waals surface area contributed by atoms with Gasteiger partial charge in [-0.25, -0.2) is 0 Å². The molecule has 1 saturated heterocycles. The van der Waals surface area contributed by atoms with Crippen molar-refractivity contribution in [3.8, 4) is 0 Å². The van der Waals surface area contributed by atoms with Crippen LogP contribution < -0.4 is 5.32 Å². The Morgan fingerprint density at radius 1 is 1.33 bits per heavy atom. The minimum absolute atomic E-state index is 0.220. The van der Waals surface area contributed by atoms with E-state index in [1.54, 1.807) is 0 Å². The summed E-state index contributed by atoms with van der Waals surface area (Å²) < 4.78 is 8.54. The topological polar surface area (TPSA) is 39.1 Å². The van der Waals surface area contributed by atoms with Crippen LogP contribution in [0.15, 0.2) is 6.20 Å². The molecule has 4 heteroatoms. The molecule has 2 aliphatic rings. The van der Waals surface area contributed by atoms with Gasteiger partial charge in [0.25, 0.3) is 0 Å². The fraction of sp³-hybridized carbons (Fsp3) is 0.824. The Kier molecular flexibility index (Phi) is 4.65. The summed E-state index contributed by atoms with van der Waals surface area (Å²) in [5.41, 5.74) is 2.67. The first-order chi connectivity index (χ1) is 10.2. The van der Waals surface area contributed by atoms with Crippen molar-refractivity contribution < 1.29 is 4.74 Å². The smallest absolute Gasteiger partial charge is 0.0779 e. The quantitative estimate of drug-likeness (QED) is 0.905. The maximum atomic E-state index is 6.45. The zero-order chi connectivity index (χ0) is 14.7. The molecule has 0 bridgehead atoms. The van der Waals surface area contributed by atoms with Gasteiger partial charge in [0.15, 0.2) is 0 Å². The highest BCUT2D eigenvalue weighted by Crippen LogP contribution is 2.42. The van der Waals surface area contributed by atoms with Gasteiger partial charge in [-0.2, -0.15) is 5.10 Å². The molecule has 2 fully saturated rings. The highest BCUT2D eigenvalue weighted by Gasteiger charge is 2.40. The molecule has 4 nitrogen and oxygen atoms in total. The maximum Gasteiger partial charge on any atom is 0.0779 e. The third-order valence-electron chi connectivity index (χ3n) is 5.11. The molecule has 1 aromatic rings. The summed E-state index contributed by atoms with van der Waals surface area (Å²) >= 11 is 0. The van der Waals surface area contributed by atoms with Crippen LogP contribution in [0, 0.1) is 6.92 Å². The van der Waals surface area contributed by atoms with Gasteiger partial charge in [0.05, 0.1) is 23.9 Å². The summed E-state index contributed by atoms with van der Waals surface area (Å²) in [5.74, 6) is 0. The van der Waals surface area contributed by atoms with Crippen molar-refractivity contribution in [1.29, 1.82) is 0 Å². The fourth-order valence-electron chi connectivity index (χ4n) is 3.88. The summed E-state index contributed by atoms with van der Waals surface area (Å²) in [5, 5.41) is 8.03. The molecule has 1 aliphatic heterocycles. The molecule has 1 aliphatic carbocycles. The Balaban J connectivity index is 1.57. The Hall–Kier alpha value is -0.870. The van der Waals surface area contributed by atoms with Gasteiger partial charge in [-0.3, -0.25) is 4.68 Å². The van der Waals surface area contributed by atoms with Crippen molar-refractivity contribution in [2.45, 2.75) is 83.6 Å². The molecule has 1 saturated carbocycles. The number of ether oxygens (including phenoxy) is 1. The largest absolute Gasteiger partial charge is 0.370 e. The van der Waals surface area contributed by atoms with E-state index in [0.29, 0.717) is 6.10 Å². The first-order valence-corrected chi connectivity index (χ1v) is 8.62. The van der Waals surface area contributed by atoms with E-state index in [1.165, 1.54) is 50.5 Å². The normalized spacial score (nSPS) is 24.8. The Morgan fingerprint density at radius 3 is 2.90 bits per heavy atom. The number of hydrogen-bond acceptors (Lipinski definition) is 3. The number of hydrogen-bond donors (Lipinski definition) is 1. The third-order valence-corrected chi connectivity index (χ3v) is 5.11. The van der Waals surface area contributed by atoms with Crippen LogP contribution >= 0.6 is 0 Å². The molecule has 3 rings (SSSR count). The SMILES string of the molecule is CCNCc1cn(CC2CCC3(CCCCC3)O2)nc1C. The van der Waals surface area contributed by atoms with Crippen LogP contribution in [0.3, 0.4) is 0 Å². The van der Waals surface area contributed by atoms with E-state index in [2.05, 4.69) is 35.1 Å². The number of aromatic nitrogens is 2. The van der Waals surface area contributed by atoms with E-state index < -0.39 is 0 Å². The standard InChI is InChI=1S/C17H29N3O/c1-3-18-11-15-12-20(19-14(15)2)13-16-7-10-17(21-16)8-5-4-6-9-17/h12,16,18H,3-11,13H2,1-2H3. The first kappa shape index (κ1) is 15.0. The Bertz CT molecular complexity index is 463. The number of nitrogens with zero attached hydrogens (tertiary/aromatic N) is 2. The van der Waals surface area contributed by atoms with Crippen molar-refractivity contribution >= 4 is 0 Å². The maximum absolute atomic E-state index is 6.45. The Morgan fingerprint density at radius 2 is 2.14 bits per heavy atom. The average Bonchev–Trinajstić information content (AvgIpc) is 3.02. The summed E-state index contributed by atoms with van der Waals surface area (Å²) in [7, 11) is 0. The van der Waals surface area contributed by atoms with Gasteiger partial charge in [0, 0.05) is 18.3 Å². The van der Waals surface area contributed by atoms with Crippen LogP contribution in [0.1, 0.15) is 63.1 Å². The molecule has 118 valence electrons. The summed E-state index contributed by atoms with van der Waals surface area (Å²) in [6, 6.07) is 0. The summed E-state index contributed by atoms with van der Waals surface area (Å²) in [6.07, 6.45) is 11.6. The molecular formula is C17H29N3O. The van der Waals surface area contributed by atoms with Gasteiger partial charge in [-0.15, -0.1) is 0 Å². The number of aryl methyl sites for hydroxylation is 1. The highest BCUT2D eigenvalue weighted by molar-refractivity contribution is 5.15. The van der Waals surface area contributed by atoms with Gasteiger partial charge < -0.3 is 10.1 Å². The van der Waals surface area contributed by atoms with E-state index in [-0.39, 0.29) is 5.60 Å². The van der Waals surface area contributed by atoms with Crippen molar-refractivity contribution in [3.05, 3.63) is 17.5 Å². The van der Waals surface area contributed by atoms with Crippen LogP contribution in [0.5, 0.6) is 0 Å². The van der Waals surface area contributed by atoms with Crippen molar-refractivity contribution in [3.63, 3.8) is 0 Å². The molecule has 1 unspecified atom stereocenters. The van der Waals surface area contributed by atoms with Crippen molar-refractivity contribution in [2.24, 2.45) is 0 Å². The van der Waals surface area contributed by atoms with Crippen LogP contribution in [0.25, 0.3) is 0 Å². The average molecular weight is 291 g/mol. The van der Waals surface area contributed by atoms with Gasteiger partial charge in [0.2, 0.25) is 0 Å². The van der Waals surface area contributed by atoms with E-state index in [0.717, 1.165) is 25.3 Å². The minimum Gasteiger partial charge on any atom is -0.370 e. The van der Waals surface area contributed by atoms with Crippen molar-refractivity contribution in [1.82, 2.24) is 15.1 Å². The lowest BCUT2D eigenvalue weighted by Gasteiger charge is -2.33. The van der Waals surface area contributed by atoms with Gasteiger partial charge in [-0.1, -0.05) is 26.2 Å². The second-order valence-electron chi connectivity index (χ2n) is 6.76. The van der Waals surface area contributed by atoms with E-state index in [9.17, 15) is 0 Å². The number of rotatable bonds is 5. The zero-order valence-corrected chi connectivity index (χ0v) is 13.5. The minimum atomic E-state index is 0.220. The van der Waals surface area contributed by atoms with Crippen LogP contribution in [0.4, 0.5) is 0 Å². The van der Waals surface area contributed by atoms with Gasteiger partial charge >= 0.3 is 0 Å². The van der Waals surface area contributed by atoms with Crippen molar-refractivity contribution in [2.75, 3.05) is 6.54 Å². The van der Waals surface area contributed by atoms with E-state index >= 15 is 0 Å². The molecule has 1 atom stereocenters.